The van der Waals surface area contributed by atoms with Crippen molar-refractivity contribution in [1.82, 2.24) is 45.0 Å². The number of nitrogens with one attached hydrogen (secondary N) is 2. The Hall–Kier alpha value is -4.16. The lowest BCUT2D eigenvalue weighted by Gasteiger charge is -2.36. The van der Waals surface area contributed by atoms with Gasteiger partial charge in [-0.05, 0) is 43.5 Å². The highest BCUT2D eigenvalue weighted by Gasteiger charge is 2.31. The molecule has 1 atom stereocenters. The fourth-order valence-corrected chi connectivity index (χ4v) is 4.95. The third-order valence-corrected chi connectivity index (χ3v) is 7.22. The summed E-state index contributed by atoms with van der Waals surface area (Å²) in [6.07, 6.45) is 7.84. The molecule has 1 fully saturated rings. The van der Waals surface area contributed by atoms with E-state index in [4.69, 9.17) is 9.72 Å². The average Bonchev–Trinajstić information content (AvgIpc) is 3.51. The minimum atomic E-state index is -0.218. The normalized spacial score (nSPS) is 17.9. The maximum atomic E-state index is 13.1. The second-order valence-corrected chi connectivity index (χ2v) is 10.4. The van der Waals surface area contributed by atoms with Crippen LogP contribution in [-0.4, -0.2) is 71.3 Å². The van der Waals surface area contributed by atoms with E-state index in [1.165, 1.54) is 0 Å². The molecule has 202 valence electrons. The smallest absolute Gasteiger partial charge is 0.273 e. The van der Waals surface area contributed by atoms with Gasteiger partial charge in [0.25, 0.3) is 5.91 Å². The third-order valence-electron chi connectivity index (χ3n) is 7.22. The lowest BCUT2D eigenvalue weighted by Crippen LogP contribution is -2.48. The van der Waals surface area contributed by atoms with E-state index in [-0.39, 0.29) is 18.0 Å². The topological polar surface area (TPSA) is 128 Å². The Bertz CT molecular complexity index is 1470. The van der Waals surface area contributed by atoms with Gasteiger partial charge in [0.05, 0.1) is 49.1 Å². The molecule has 0 aliphatic carbocycles. The van der Waals surface area contributed by atoms with Gasteiger partial charge in [0.1, 0.15) is 0 Å². The SMILES string of the molecule is CC(C)n1cc(C(=O)N[C@@H]2CCN(C3COC3)Cc3cc(-c4ccnc(Nc5cnn(C)c5)n4)ccc32)nn1. The fraction of sp³-hybridized carbons (Fsp3) is 0.407. The first kappa shape index (κ1) is 25.1. The van der Waals surface area contributed by atoms with E-state index in [2.05, 4.69) is 54.1 Å². The number of hydrogen-bond acceptors (Lipinski definition) is 9. The molecule has 0 unspecified atom stereocenters. The number of aromatic nitrogens is 7. The third kappa shape index (κ3) is 5.38. The van der Waals surface area contributed by atoms with Crippen molar-refractivity contribution in [3.8, 4) is 11.3 Å². The van der Waals surface area contributed by atoms with E-state index in [1.54, 1.807) is 28.0 Å². The molecule has 1 saturated heterocycles. The first-order valence-corrected chi connectivity index (χ1v) is 13.2. The van der Waals surface area contributed by atoms with Crippen LogP contribution < -0.4 is 10.6 Å². The number of aryl methyl sites for hydroxylation is 1. The molecule has 12 heteroatoms. The predicted octanol–water partition coefficient (Wildman–Crippen LogP) is 2.87. The van der Waals surface area contributed by atoms with Crippen molar-refractivity contribution in [2.45, 2.75) is 44.9 Å². The molecule has 39 heavy (non-hydrogen) atoms. The molecule has 5 heterocycles. The molecule has 12 nitrogen and oxygen atoms in total. The number of fused-ring (bicyclic) bond motifs is 1. The van der Waals surface area contributed by atoms with E-state index >= 15 is 0 Å². The van der Waals surface area contributed by atoms with E-state index in [9.17, 15) is 4.79 Å². The number of hydrogen-bond donors (Lipinski definition) is 2. The lowest BCUT2D eigenvalue weighted by molar-refractivity contribution is -0.0678. The van der Waals surface area contributed by atoms with Gasteiger partial charge in [0.2, 0.25) is 5.95 Å². The summed E-state index contributed by atoms with van der Waals surface area (Å²) in [6, 6.07) is 8.62. The summed E-state index contributed by atoms with van der Waals surface area (Å²) < 4.78 is 8.90. The Morgan fingerprint density at radius 1 is 1.18 bits per heavy atom. The minimum absolute atomic E-state index is 0.135. The van der Waals surface area contributed by atoms with Gasteiger partial charge in [-0.2, -0.15) is 5.10 Å². The zero-order chi connectivity index (χ0) is 26.9. The molecule has 1 aromatic carbocycles. The highest BCUT2D eigenvalue weighted by Crippen LogP contribution is 2.32. The molecule has 2 aliphatic rings. The van der Waals surface area contributed by atoms with Crippen LogP contribution in [0.15, 0.2) is 49.1 Å². The van der Waals surface area contributed by atoms with Crippen LogP contribution in [0.25, 0.3) is 11.3 Å². The summed E-state index contributed by atoms with van der Waals surface area (Å²) in [6.45, 7) is 7.11. The predicted molar refractivity (Wildman–Crippen MR) is 144 cm³/mol. The van der Waals surface area contributed by atoms with Gasteiger partial charge in [-0.3, -0.25) is 14.4 Å². The average molecular weight is 529 g/mol. The summed E-state index contributed by atoms with van der Waals surface area (Å²) in [5.41, 5.74) is 5.21. The van der Waals surface area contributed by atoms with Gasteiger partial charge < -0.3 is 15.4 Å². The van der Waals surface area contributed by atoms with Crippen LogP contribution >= 0.6 is 0 Å². The molecule has 6 rings (SSSR count). The van der Waals surface area contributed by atoms with Crippen molar-refractivity contribution in [3.63, 3.8) is 0 Å². The lowest BCUT2D eigenvalue weighted by atomic mass is 9.96. The van der Waals surface area contributed by atoms with Crippen molar-refractivity contribution in [3.05, 3.63) is 65.9 Å². The number of amides is 1. The van der Waals surface area contributed by atoms with Crippen LogP contribution in [0.1, 0.15) is 54.0 Å². The Kier molecular flexibility index (Phi) is 6.79. The molecular formula is C27H32N10O2. The monoisotopic (exact) mass is 528 g/mol. The fourth-order valence-electron chi connectivity index (χ4n) is 4.95. The van der Waals surface area contributed by atoms with Gasteiger partial charge in [-0.25, -0.2) is 14.6 Å². The van der Waals surface area contributed by atoms with E-state index in [1.807, 2.05) is 33.2 Å². The summed E-state index contributed by atoms with van der Waals surface area (Å²) in [4.78, 5) is 24.7. The maximum Gasteiger partial charge on any atom is 0.273 e. The second kappa shape index (κ2) is 10.5. The highest BCUT2D eigenvalue weighted by atomic mass is 16.5. The van der Waals surface area contributed by atoms with Gasteiger partial charge >= 0.3 is 0 Å². The van der Waals surface area contributed by atoms with Crippen LogP contribution in [-0.2, 0) is 18.3 Å². The molecule has 2 N–H and O–H groups in total. The number of benzene rings is 1. The van der Waals surface area contributed by atoms with Crippen molar-refractivity contribution in [1.29, 1.82) is 0 Å². The first-order valence-electron chi connectivity index (χ1n) is 13.2. The number of ether oxygens (including phenoxy) is 1. The molecule has 1 amide bonds. The van der Waals surface area contributed by atoms with Crippen LogP contribution in [0.2, 0.25) is 0 Å². The van der Waals surface area contributed by atoms with Gasteiger partial charge in [-0.1, -0.05) is 17.3 Å². The van der Waals surface area contributed by atoms with Crippen molar-refractivity contribution in [2.75, 3.05) is 25.1 Å². The Labute approximate surface area is 226 Å². The van der Waals surface area contributed by atoms with Crippen molar-refractivity contribution >= 4 is 17.5 Å². The van der Waals surface area contributed by atoms with Crippen LogP contribution in [0.4, 0.5) is 11.6 Å². The Morgan fingerprint density at radius 3 is 2.77 bits per heavy atom. The molecule has 0 radical (unpaired) electrons. The number of anilines is 2. The van der Waals surface area contributed by atoms with E-state index in [0.717, 1.165) is 60.8 Å². The summed E-state index contributed by atoms with van der Waals surface area (Å²) in [7, 11) is 1.86. The standard InChI is InChI=1S/C27H32N10O2/c1-17(2)37-14-25(33-34-37)26(38)31-24-7-9-36(21-15-39-16-21)12-19-10-18(4-5-22(19)24)23-6-8-28-27(32-23)30-20-11-29-35(3)13-20/h4-6,8,10-11,13-14,17,21,24H,7,9,12,15-16H2,1-3H3,(H,31,38)(H,28,30,32)/t24-/m1/s1. The molecule has 0 bridgehead atoms. The van der Waals surface area contributed by atoms with Gasteiger partial charge in [0.15, 0.2) is 5.69 Å². The van der Waals surface area contributed by atoms with Gasteiger partial charge in [0, 0.05) is 44.1 Å². The summed E-state index contributed by atoms with van der Waals surface area (Å²) in [5, 5.41) is 18.8. The highest BCUT2D eigenvalue weighted by molar-refractivity contribution is 5.92. The summed E-state index contributed by atoms with van der Waals surface area (Å²) >= 11 is 0. The van der Waals surface area contributed by atoms with E-state index in [0.29, 0.717) is 17.7 Å². The molecule has 3 aromatic heterocycles. The second-order valence-electron chi connectivity index (χ2n) is 10.4. The molecule has 0 spiro atoms. The number of carbonyl (C=O) groups is 1. The van der Waals surface area contributed by atoms with E-state index < -0.39 is 0 Å². The number of nitrogens with zero attached hydrogens (tertiary/aromatic N) is 8. The Morgan fingerprint density at radius 2 is 2.05 bits per heavy atom. The first-order chi connectivity index (χ1) is 18.9. The zero-order valence-electron chi connectivity index (χ0n) is 22.3. The zero-order valence-corrected chi connectivity index (χ0v) is 22.3. The van der Waals surface area contributed by atoms with Crippen LogP contribution in [0, 0.1) is 0 Å². The number of rotatable bonds is 7. The van der Waals surface area contributed by atoms with Crippen LogP contribution in [0.5, 0.6) is 0 Å². The van der Waals surface area contributed by atoms with Crippen LogP contribution in [0.3, 0.4) is 0 Å². The minimum Gasteiger partial charge on any atom is -0.378 e. The van der Waals surface area contributed by atoms with Crippen molar-refractivity contribution in [2.24, 2.45) is 7.05 Å². The van der Waals surface area contributed by atoms with Crippen molar-refractivity contribution < 1.29 is 9.53 Å². The molecule has 0 saturated carbocycles. The molecular weight excluding hydrogens is 496 g/mol. The maximum absolute atomic E-state index is 13.1. The summed E-state index contributed by atoms with van der Waals surface area (Å²) in [5.74, 6) is 0.285. The molecule has 4 aromatic rings. The number of carbonyl (C=O) groups excluding carboxylic acids is 1. The van der Waals surface area contributed by atoms with Gasteiger partial charge in [-0.15, -0.1) is 5.10 Å². The molecule has 2 aliphatic heterocycles. The largest absolute Gasteiger partial charge is 0.378 e. The Balaban J connectivity index is 1.28. The quantitative estimate of drug-likeness (QED) is 0.372.